The van der Waals surface area contributed by atoms with Crippen LogP contribution in [0, 0.1) is 6.92 Å². The Morgan fingerprint density at radius 1 is 1.26 bits per heavy atom. The second kappa shape index (κ2) is 6.24. The summed E-state index contributed by atoms with van der Waals surface area (Å²) in [6.07, 6.45) is 1.51. The molecule has 1 aliphatic heterocycles. The third kappa shape index (κ3) is 3.06. The van der Waals surface area contributed by atoms with Crippen LogP contribution in [0.4, 0.5) is 5.69 Å². The first-order chi connectivity index (χ1) is 11.0. The van der Waals surface area contributed by atoms with Gasteiger partial charge in [-0.3, -0.25) is 9.48 Å². The summed E-state index contributed by atoms with van der Waals surface area (Å²) in [5, 5.41) is 4.46. The van der Waals surface area contributed by atoms with E-state index in [0.29, 0.717) is 23.8 Å². The summed E-state index contributed by atoms with van der Waals surface area (Å²) in [5.74, 6) is -0.0505. The van der Waals surface area contributed by atoms with Crippen molar-refractivity contribution in [2.24, 2.45) is 7.05 Å². The summed E-state index contributed by atoms with van der Waals surface area (Å²) in [7, 11) is 1.74. The average molecular weight is 333 g/mol. The Kier molecular flexibility index (Phi) is 4.31. The summed E-state index contributed by atoms with van der Waals surface area (Å²) < 4.78 is 1.54. The lowest BCUT2D eigenvalue weighted by molar-refractivity contribution is 0.0715. The molecule has 2 heterocycles. The number of amides is 1. The lowest BCUT2D eigenvalue weighted by atomic mass is 10.1. The van der Waals surface area contributed by atoms with Gasteiger partial charge in [-0.05, 0) is 26.0 Å². The van der Waals surface area contributed by atoms with Gasteiger partial charge >= 0.3 is 0 Å². The minimum atomic E-state index is -0.0505. The molecule has 1 aromatic heterocycles. The molecule has 1 fully saturated rings. The number of hydrogen-bond donors (Lipinski definition) is 0. The predicted octanol–water partition coefficient (Wildman–Crippen LogP) is 2.73. The van der Waals surface area contributed by atoms with E-state index in [4.69, 9.17) is 11.6 Å². The molecule has 0 radical (unpaired) electrons. The molecule has 6 heteroatoms. The lowest BCUT2D eigenvalue weighted by Gasteiger charge is -2.41. The Balaban J connectivity index is 1.73. The van der Waals surface area contributed by atoms with Crippen molar-refractivity contribution in [3.63, 3.8) is 0 Å². The highest BCUT2D eigenvalue weighted by Crippen LogP contribution is 2.23. The molecule has 3 rings (SSSR count). The van der Waals surface area contributed by atoms with Crippen molar-refractivity contribution in [1.29, 1.82) is 0 Å². The molecule has 0 aliphatic carbocycles. The summed E-state index contributed by atoms with van der Waals surface area (Å²) in [6, 6.07) is 8.77. The number of aryl methyl sites for hydroxylation is 2. The van der Waals surface area contributed by atoms with E-state index in [1.807, 2.05) is 4.90 Å². The zero-order valence-corrected chi connectivity index (χ0v) is 14.4. The minimum Gasteiger partial charge on any atom is -0.365 e. The topological polar surface area (TPSA) is 41.4 Å². The van der Waals surface area contributed by atoms with E-state index in [1.165, 1.54) is 17.4 Å². The molecule has 5 nitrogen and oxygen atoms in total. The van der Waals surface area contributed by atoms with Crippen LogP contribution < -0.4 is 4.90 Å². The van der Waals surface area contributed by atoms with E-state index in [0.717, 1.165) is 6.54 Å². The van der Waals surface area contributed by atoms with Gasteiger partial charge in [0.15, 0.2) is 0 Å². The van der Waals surface area contributed by atoms with Gasteiger partial charge in [-0.1, -0.05) is 29.3 Å². The van der Waals surface area contributed by atoms with Crippen molar-refractivity contribution in [3.8, 4) is 0 Å². The van der Waals surface area contributed by atoms with Crippen LogP contribution in [0.5, 0.6) is 0 Å². The molecular formula is C17H21ClN4O. The maximum atomic E-state index is 12.7. The van der Waals surface area contributed by atoms with Crippen molar-refractivity contribution in [1.82, 2.24) is 14.7 Å². The first-order valence-corrected chi connectivity index (χ1v) is 8.15. The quantitative estimate of drug-likeness (QED) is 0.849. The number of carbonyl (C=O) groups excluding carboxylic acids is 1. The first kappa shape index (κ1) is 15.9. The fourth-order valence-electron chi connectivity index (χ4n) is 3.06. The Labute approximate surface area is 141 Å². The molecule has 1 atom stereocenters. The van der Waals surface area contributed by atoms with Crippen LogP contribution in [0.3, 0.4) is 0 Å². The maximum Gasteiger partial charge on any atom is 0.273 e. The number of hydrogen-bond acceptors (Lipinski definition) is 3. The van der Waals surface area contributed by atoms with E-state index < -0.39 is 0 Å². The highest BCUT2D eigenvalue weighted by Gasteiger charge is 2.29. The lowest BCUT2D eigenvalue weighted by Crippen LogP contribution is -2.54. The smallest absolute Gasteiger partial charge is 0.273 e. The standard InChI is InChI=1S/C17H21ClN4O/c1-12-4-6-14(7-5-12)22-9-8-21(11-13(22)2)17(23)16-15(18)10-19-20(16)3/h4-7,10,13H,8-9,11H2,1-3H3/t13-/m1/s1. The number of nitrogens with zero attached hydrogens (tertiary/aromatic N) is 4. The van der Waals surface area contributed by atoms with Gasteiger partial charge in [-0.2, -0.15) is 5.10 Å². The van der Waals surface area contributed by atoms with E-state index in [-0.39, 0.29) is 11.9 Å². The largest absolute Gasteiger partial charge is 0.365 e. The van der Waals surface area contributed by atoms with Gasteiger partial charge in [0.05, 0.1) is 11.2 Å². The number of anilines is 1. The van der Waals surface area contributed by atoms with Crippen LogP contribution in [0.2, 0.25) is 5.02 Å². The number of rotatable bonds is 2. The minimum absolute atomic E-state index is 0.0505. The molecule has 0 bridgehead atoms. The number of benzene rings is 1. The van der Waals surface area contributed by atoms with Crippen molar-refractivity contribution >= 4 is 23.2 Å². The van der Waals surface area contributed by atoms with Crippen molar-refractivity contribution in [2.45, 2.75) is 19.9 Å². The van der Waals surface area contributed by atoms with Crippen LogP contribution in [0.25, 0.3) is 0 Å². The molecule has 23 heavy (non-hydrogen) atoms. The highest BCUT2D eigenvalue weighted by molar-refractivity contribution is 6.33. The number of piperazine rings is 1. The molecule has 2 aromatic rings. The van der Waals surface area contributed by atoms with Crippen molar-refractivity contribution in [2.75, 3.05) is 24.5 Å². The van der Waals surface area contributed by atoms with Gasteiger partial charge in [0.2, 0.25) is 0 Å². The zero-order chi connectivity index (χ0) is 16.6. The first-order valence-electron chi connectivity index (χ1n) is 7.77. The molecule has 1 aromatic carbocycles. The number of aromatic nitrogens is 2. The van der Waals surface area contributed by atoms with Gasteiger partial charge in [0.1, 0.15) is 5.69 Å². The fraction of sp³-hybridized carbons (Fsp3) is 0.412. The van der Waals surface area contributed by atoms with Crippen LogP contribution in [0.15, 0.2) is 30.5 Å². The van der Waals surface area contributed by atoms with E-state index in [9.17, 15) is 4.79 Å². The molecule has 1 amide bonds. The SMILES string of the molecule is Cc1ccc(N2CCN(C(=O)c3c(Cl)cnn3C)C[C@H]2C)cc1. The predicted molar refractivity (Wildman–Crippen MR) is 92.1 cm³/mol. The fourth-order valence-corrected chi connectivity index (χ4v) is 3.31. The van der Waals surface area contributed by atoms with Gasteiger partial charge in [0, 0.05) is 38.4 Å². The van der Waals surface area contributed by atoms with Gasteiger partial charge in [-0.15, -0.1) is 0 Å². The normalized spacial score (nSPS) is 18.3. The molecule has 1 aliphatic rings. The second-order valence-electron chi connectivity index (χ2n) is 6.09. The number of carbonyl (C=O) groups is 1. The monoisotopic (exact) mass is 332 g/mol. The Morgan fingerprint density at radius 3 is 2.52 bits per heavy atom. The highest BCUT2D eigenvalue weighted by atomic mass is 35.5. The summed E-state index contributed by atoms with van der Waals surface area (Å²) in [6.45, 7) is 6.39. The molecule has 0 unspecified atom stereocenters. The Hall–Kier alpha value is -2.01. The maximum absolute atomic E-state index is 12.7. The molecule has 0 N–H and O–H groups in total. The van der Waals surface area contributed by atoms with E-state index in [1.54, 1.807) is 11.7 Å². The molecule has 0 saturated carbocycles. The molecule has 1 saturated heterocycles. The van der Waals surface area contributed by atoms with Crippen molar-refractivity contribution < 1.29 is 4.79 Å². The van der Waals surface area contributed by atoms with Gasteiger partial charge in [0.25, 0.3) is 5.91 Å². The van der Waals surface area contributed by atoms with Crippen LogP contribution in [-0.2, 0) is 7.05 Å². The van der Waals surface area contributed by atoms with E-state index >= 15 is 0 Å². The second-order valence-corrected chi connectivity index (χ2v) is 6.50. The van der Waals surface area contributed by atoms with Crippen LogP contribution >= 0.6 is 11.6 Å². The van der Waals surface area contributed by atoms with Crippen molar-refractivity contribution in [3.05, 3.63) is 46.7 Å². The third-order valence-electron chi connectivity index (χ3n) is 4.38. The molecular weight excluding hydrogens is 312 g/mol. The van der Waals surface area contributed by atoms with Crippen LogP contribution in [-0.4, -0.2) is 46.3 Å². The van der Waals surface area contributed by atoms with Gasteiger partial charge in [-0.25, -0.2) is 0 Å². The summed E-state index contributed by atoms with van der Waals surface area (Å²) in [5.41, 5.74) is 2.91. The van der Waals surface area contributed by atoms with E-state index in [2.05, 4.69) is 48.1 Å². The summed E-state index contributed by atoms with van der Waals surface area (Å²) in [4.78, 5) is 16.9. The summed E-state index contributed by atoms with van der Waals surface area (Å²) >= 11 is 6.09. The van der Waals surface area contributed by atoms with Gasteiger partial charge < -0.3 is 9.80 Å². The zero-order valence-electron chi connectivity index (χ0n) is 13.7. The Morgan fingerprint density at radius 2 is 1.96 bits per heavy atom. The molecule has 122 valence electrons. The molecule has 0 spiro atoms. The Bertz CT molecular complexity index is 690. The average Bonchev–Trinajstić information content (AvgIpc) is 2.86. The van der Waals surface area contributed by atoms with Crippen LogP contribution in [0.1, 0.15) is 23.0 Å². The number of halogens is 1. The third-order valence-corrected chi connectivity index (χ3v) is 4.65.